The summed E-state index contributed by atoms with van der Waals surface area (Å²) in [6, 6.07) is 89.8. The fourth-order valence-electron chi connectivity index (χ4n) is 11.7. The van der Waals surface area contributed by atoms with Crippen LogP contribution in [0.1, 0.15) is 0 Å². The molecule has 0 bridgehead atoms. The van der Waals surface area contributed by atoms with E-state index in [4.69, 9.17) is 15.0 Å². The molecule has 7 heteroatoms. The minimum absolute atomic E-state index is 0.552. The van der Waals surface area contributed by atoms with Gasteiger partial charge in [-0.15, -0.1) is 22.7 Å². The van der Waals surface area contributed by atoms with Crippen LogP contribution in [0.2, 0.25) is 0 Å². The molecule has 5 aromatic heterocycles. The predicted molar refractivity (Wildman–Crippen MR) is 321 cm³/mol. The van der Waals surface area contributed by atoms with Gasteiger partial charge < -0.3 is 4.57 Å². The molecule has 0 saturated heterocycles. The first-order valence-electron chi connectivity index (χ1n) is 25.6. The first-order valence-corrected chi connectivity index (χ1v) is 27.2. The third-order valence-electron chi connectivity index (χ3n) is 15.2. The van der Waals surface area contributed by atoms with E-state index in [2.05, 4.69) is 258 Å². The predicted octanol–water partition coefficient (Wildman–Crippen LogP) is 19.1. The van der Waals surface area contributed by atoms with Crippen molar-refractivity contribution in [1.82, 2.24) is 24.1 Å². The highest BCUT2D eigenvalue weighted by atomic mass is 32.1. The Labute approximate surface area is 444 Å². The van der Waals surface area contributed by atoms with Crippen LogP contribution in [0.25, 0.3) is 152 Å². The standard InChI is InChI=1S/C69H41N5S2/c1-2-15-42(16-3-1)49-19-4-5-24-54(49)68-70-67(71-69(72-68)74-60-26-11-7-21-51(60)56-39-44(30-34-62(56)74)46-32-36-66-58(41-46)53-23-9-13-28-64(53)76-66)47-17-14-18-48(37-47)73-59-25-10-6-20-50(59)55-38-43(29-33-61(55)73)45-31-35-65-57(40-45)52-22-8-12-27-63(52)75-65/h1-41H. The molecule has 0 saturated carbocycles. The van der Waals surface area contributed by atoms with Crippen LogP contribution in [0.5, 0.6) is 0 Å². The van der Waals surface area contributed by atoms with Gasteiger partial charge in [0.1, 0.15) is 0 Å². The van der Waals surface area contributed by atoms with Crippen molar-refractivity contribution < 1.29 is 0 Å². The Hall–Kier alpha value is -9.53. The molecule has 0 atom stereocenters. The summed E-state index contributed by atoms with van der Waals surface area (Å²) < 4.78 is 9.82. The monoisotopic (exact) mass is 1000 g/mol. The van der Waals surface area contributed by atoms with E-state index in [1.54, 1.807) is 0 Å². The molecule has 11 aromatic carbocycles. The van der Waals surface area contributed by atoms with Crippen molar-refractivity contribution in [3.8, 4) is 67.8 Å². The zero-order valence-electron chi connectivity index (χ0n) is 40.7. The normalized spacial score (nSPS) is 11.9. The highest BCUT2D eigenvalue weighted by molar-refractivity contribution is 7.26. The molecule has 16 aromatic rings. The van der Waals surface area contributed by atoms with Crippen LogP contribution in [-0.2, 0) is 0 Å². The summed E-state index contributed by atoms with van der Waals surface area (Å²) in [4.78, 5) is 16.3. The van der Waals surface area contributed by atoms with Gasteiger partial charge in [-0.2, -0.15) is 9.97 Å². The average molecular weight is 1000 g/mol. The molecule has 0 amide bonds. The van der Waals surface area contributed by atoms with E-state index in [9.17, 15) is 0 Å². The van der Waals surface area contributed by atoms with Crippen molar-refractivity contribution >= 4 is 107 Å². The van der Waals surface area contributed by atoms with E-state index in [0.29, 0.717) is 17.6 Å². The van der Waals surface area contributed by atoms with Gasteiger partial charge in [-0.1, -0.05) is 164 Å². The Morgan fingerprint density at radius 2 is 0.697 bits per heavy atom. The maximum Gasteiger partial charge on any atom is 0.238 e. The number of hydrogen-bond donors (Lipinski definition) is 0. The van der Waals surface area contributed by atoms with Crippen LogP contribution in [0.3, 0.4) is 0 Å². The lowest BCUT2D eigenvalue weighted by molar-refractivity contribution is 0.953. The van der Waals surface area contributed by atoms with Gasteiger partial charge in [0.05, 0.1) is 22.1 Å². The molecular formula is C69H41N5S2. The molecule has 0 fully saturated rings. The number of fused-ring (bicyclic) bond motifs is 12. The number of thiophene rings is 2. The molecule has 354 valence electrons. The zero-order valence-corrected chi connectivity index (χ0v) is 42.4. The summed E-state index contributed by atoms with van der Waals surface area (Å²) in [5.41, 5.74) is 14.0. The molecule has 0 aliphatic heterocycles. The highest BCUT2D eigenvalue weighted by Gasteiger charge is 2.22. The molecule has 5 heterocycles. The van der Waals surface area contributed by atoms with E-state index >= 15 is 0 Å². The maximum atomic E-state index is 5.47. The Morgan fingerprint density at radius 3 is 1.33 bits per heavy atom. The molecule has 5 nitrogen and oxygen atoms in total. The van der Waals surface area contributed by atoms with Gasteiger partial charge >= 0.3 is 0 Å². The minimum atomic E-state index is 0.552. The second-order valence-corrected chi connectivity index (χ2v) is 21.7. The first kappa shape index (κ1) is 42.9. The van der Waals surface area contributed by atoms with Crippen molar-refractivity contribution in [3.63, 3.8) is 0 Å². The number of aromatic nitrogens is 5. The topological polar surface area (TPSA) is 48.5 Å². The van der Waals surface area contributed by atoms with Gasteiger partial charge in [0.2, 0.25) is 5.95 Å². The largest absolute Gasteiger partial charge is 0.309 e. The van der Waals surface area contributed by atoms with Crippen LogP contribution in [-0.4, -0.2) is 24.1 Å². The van der Waals surface area contributed by atoms with Gasteiger partial charge in [0, 0.05) is 78.7 Å². The molecule has 0 spiro atoms. The highest BCUT2D eigenvalue weighted by Crippen LogP contribution is 2.42. The Morgan fingerprint density at radius 1 is 0.250 bits per heavy atom. The van der Waals surface area contributed by atoms with E-state index in [1.807, 2.05) is 22.7 Å². The van der Waals surface area contributed by atoms with Gasteiger partial charge in [0.25, 0.3) is 0 Å². The Bertz CT molecular complexity index is 5020. The minimum Gasteiger partial charge on any atom is -0.309 e. The number of benzene rings is 11. The lowest BCUT2D eigenvalue weighted by Crippen LogP contribution is -2.07. The SMILES string of the molecule is c1ccc(-c2ccccc2-c2nc(-c3cccc(-n4c5ccccc5c5cc(-c6ccc7sc8ccccc8c7c6)ccc54)c3)nc(-n3c4ccccc4c4cc(-c5ccc6sc7ccccc7c6c5)ccc43)n2)cc1. The number of nitrogens with zero attached hydrogens (tertiary/aromatic N) is 5. The maximum absolute atomic E-state index is 5.47. The molecule has 0 unspecified atom stereocenters. The first-order chi connectivity index (χ1) is 37.6. The van der Waals surface area contributed by atoms with Crippen LogP contribution in [0.4, 0.5) is 0 Å². The Balaban J connectivity index is 0.867. The number of hydrogen-bond acceptors (Lipinski definition) is 5. The van der Waals surface area contributed by atoms with Crippen LogP contribution >= 0.6 is 22.7 Å². The van der Waals surface area contributed by atoms with Crippen LogP contribution in [0.15, 0.2) is 249 Å². The smallest absolute Gasteiger partial charge is 0.238 e. The van der Waals surface area contributed by atoms with Crippen molar-refractivity contribution in [1.29, 1.82) is 0 Å². The fourth-order valence-corrected chi connectivity index (χ4v) is 13.8. The quantitative estimate of drug-likeness (QED) is 0.160. The lowest BCUT2D eigenvalue weighted by atomic mass is 9.99. The van der Waals surface area contributed by atoms with Crippen molar-refractivity contribution in [2.45, 2.75) is 0 Å². The van der Waals surface area contributed by atoms with Crippen molar-refractivity contribution in [2.75, 3.05) is 0 Å². The second kappa shape index (κ2) is 17.0. The number of rotatable bonds is 7. The summed E-state index contributed by atoms with van der Waals surface area (Å²) in [7, 11) is 0. The Kier molecular flexibility index (Phi) is 9.61. The summed E-state index contributed by atoms with van der Waals surface area (Å²) in [5.74, 6) is 1.74. The van der Waals surface area contributed by atoms with Crippen LogP contribution < -0.4 is 0 Å². The molecule has 0 aliphatic carbocycles. The van der Waals surface area contributed by atoms with E-state index in [0.717, 1.165) is 66.3 Å². The van der Waals surface area contributed by atoms with Gasteiger partial charge in [-0.05, 0) is 118 Å². The zero-order chi connectivity index (χ0) is 49.8. The van der Waals surface area contributed by atoms with Crippen molar-refractivity contribution in [2.24, 2.45) is 0 Å². The third kappa shape index (κ3) is 6.80. The van der Waals surface area contributed by atoms with Gasteiger partial charge in [0.15, 0.2) is 11.6 Å². The third-order valence-corrected chi connectivity index (χ3v) is 17.5. The summed E-state index contributed by atoms with van der Waals surface area (Å²) in [6.45, 7) is 0. The van der Waals surface area contributed by atoms with Gasteiger partial charge in [-0.25, -0.2) is 4.98 Å². The number of para-hydroxylation sites is 2. The lowest BCUT2D eigenvalue weighted by Gasteiger charge is -2.14. The molecule has 16 rings (SSSR count). The molecular weight excluding hydrogens is 963 g/mol. The molecule has 0 aliphatic rings. The average Bonchev–Trinajstić information content (AvgIpc) is 4.28. The van der Waals surface area contributed by atoms with Gasteiger partial charge in [-0.3, -0.25) is 4.57 Å². The van der Waals surface area contributed by atoms with E-state index in [1.165, 1.54) is 67.8 Å². The molecule has 0 N–H and O–H groups in total. The summed E-state index contributed by atoms with van der Waals surface area (Å²) >= 11 is 3.70. The summed E-state index contributed by atoms with van der Waals surface area (Å²) in [5, 5.41) is 9.85. The molecule has 76 heavy (non-hydrogen) atoms. The van der Waals surface area contributed by atoms with Crippen molar-refractivity contribution in [3.05, 3.63) is 249 Å². The van der Waals surface area contributed by atoms with E-state index in [-0.39, 0.29) is 0 Å². The summed E-state index contributed by atoms with van der Waals surface area (Å²) in [6.07, 6.45) is 0. The fraction of sp³-hybridized carbons (Fsp3) is 0. The van der Waals surface area contributed by atoms with Crippen LogP contribution in [0, 0.1) is 0 Å². The van der Waals surface area contributed by atoms with E-state index < -0.39 is 0 Å². The second-order valence-electron chi connectivity index (χ2n) is 19.5. The molecule has 0 radical (unpaired) electrons.